The zero-order valence-electron chi connectivity index (χ0n) is 14.0. The maximum Gasteiger partial charge on any atom is 0.272 e. The van der Waals surface area contributed by atoms with Crippen LogP contribution < -0.4 is 0 Å². The number of hydrazine groups is 1. The van der Waals surface area contributed by atoms with Crippen molar-refractivity contribution in [3.63, 3.8) is 0 Å². The molecule has 0 radical (unpaired) electrons. The summed E-state index contributed by atoms with van der Waals surface area (Å²) in [6, 6.07) is 17.9. The summed E-state index contributed by atoms with van der Waals surface area (Å²) in [5.41, 5.74) is 0.562. The molecule has 0 unspecified atom stereocenters. The third kappa shape index (κ3) is 3.77. The predicted octanol–water partition coefficient (Wildman–Crippen LogP) is 3.61. The van der Waals surface area contributed by atoms with Crippen LogP contribution in [-0.2, 0) is 0 Å². The molecule has 0 heterocycles. The van der Waals surface area contributed by atoms with E-state index >= 15 is 0 Å². The van der Waals surface area contributed by atoms with Crippen molar-refractivity contribution in [2.24, 2.45) is 0 Å². The van der Waals surface area contributed by atoms with Gasteiger partial charge in [0.25, 0.3) is 11.8 Å². The minimum absolute atomic E-state index is 0.204. The van der Waals surface area contributed by atoms with E-state index in [0.717, 1.165) is 0 Å². The highest BCUT2D eigenvalue weighted by molar-refractivity contribution is 5.99. The van der Waals surface area contributed by atoms with E-state index < -0.39 is 5.54 Å². The lowest BCUT2D eigenvalue weighted by Gasteiger charge is -2.41. The molecule has 0 bridgehead atoms. The molecule has 4 heteroatoms. The van der Waals surface area contributed by atoms with Crippen molar-refractivity contribution in [2.45, 2.75) is 26.3 Å². The van der Waals surface area contributed by atoms with Crippen LogP contribution in [0.4, 0.5) is 0 Å². The number of nitrogens with zero attached hydrogens (tertiary/aromatic N) is 2. The maximum atomic E-state index is 12.9. The highest BCUT2D eigenvalue weighted by atomic mass is 16.2. The van der Waals surface area contributed by atoms with Crippen LogP contribution in [0.5, 0.6) is 0 Å². The summed E-state index contributed by atoms with van der Waals surface area (Å²) in [5.74, 6) is -0.422. The number of carbonyl (C=O) groups excluding carboxylic acids is 2. The molecule has 2 amide bonds. The normalized spacial score (nSPS) is 11.0. The van der Waals surface area contributed by atoms with E-state index in [1.54, 1.807) is 31.3 Å². The highest BCUT2D eigenvalue weighted by Crippen LogP contribution is 2.21. The van der Waals surface area contributed by atoms with Crippen LogP contribution in [0.3, 0.4) is 0 Å². The number of benzene rings is 2. The van der Waals surface area contributed by atoms with Crippen LogP contribution in [0.15, 0.2) is 60.7 Å². The van der Waals surface area contributed by atoms with Gasteiger partial charge in [-0.3, -0.25) is 9.59 Å². The van der Waals surface area contributed by atoms with Gasteiger partial charge in [0.2, 0.25) is 0 Å². The van der Waals surface area contributed by atoms with E-state index in [0.29, 0.717) is 11.1 Å². The van der Waals surface area contributed by atoms with E-state index in [4.69, 9.17) is 0 Å². The molecule has 0 aromatic heterocycles. The zero-order chi connectivity index (χ0) is 17.0. The Bertz CT molecular complexity index is 676. The van der Waals surface area contributed by atoms with Gasteiger partial charge in [0.15, 0.2) is 0 Å². The first-order valence-corrected chi connectivity index (χ1v) is 7.55. The molecule has 120 valence electrons. The lowest BCUT2D eigenvalue weighted by molar-refractivity contribution is -0.0308. The summed E-state index contributed by atoms with van der Waals surface area (Å²) >= 11 is 0. The molecule has 4 nitrogen and oxygen atoms in total. The fraction of sp³-hybridized carbons (Fsp3) is 0.263. The maximum absolute atomic E-state index is 12.9. The summed E-state index contributed by atoms with van der Waals surface area (Å²) in [6.45, 7) is 5.72. The van der Waals surface area contributed by atoms with Crippen LogP contribution in [0, 0.1) is 0 Å². The number of amides is 2. The van der Waals surface area contributed by atoms with Crippen LogP contribution in [0.25, 0.3) is 0 Å². The molecule has 23 heavy (non-hydrogen) atoms. The second-order valence-electron chi connectivity index (χ2n) is 6.35. The van der Waals surface area contributed by atoms with E-state index in [9.17, 15) is 9.59 Å². The fourth-order valence-corrected chi connectivity index (χ4v) is 2.45. The van der Waals surface area contributed by atoms with Gasteiger partial charge in [0.05, 0.1) is 5.54 Å². The summed E-state index contributed by atoms with van der Waals surface area (Å²) < 4.78 is 0. The lowest BCUT2D eigenvalue weighted by Crippen LogP contribution is -2.56. The molecule has 2 rings (SSSR count). The Morgan fingerprint density at radius 1 is 0.739 bits per heavy atom. The van der Waals surface area contributed by atoms with E-state index in [2.05, 4.69) is 0 Å². The monoisotopic (exact) mass is 310 g/mol. The van der Waals surface area contributed by atoms with Crippen molar-refractivity contribution in [2.75, 3.05) is 7.05 Å². The van der Waals surface area contributed by atoms with Gasteiger partial charge in [0.1, 0.15) is 0 Å². The summed E-state index contributed by atoms with van der Waals surface area (Å²) in [5, 5.41) is 2.89. The number of carbonyl (C=O) groups is 2. The van der Waals surface area contributed by atoms with Gasteiger partial charge in [-0.05, 0) is 45.0 Å². The molecule has 0 aliphatic carbocycles. The standard InChI is InChI=1S/C19H22N2O2/c1-19(2,3)21(18(23)16-13-9-6-10-14-16)20(4)17(22)15-11-7-5-8-12-15/h5-14H,1-4H3. The first kappa shape index (κ1) is 16.7. The van der Waals surface area contributed by atoms with Crippen molar-refractivity contribution in [1.82, 2.24) is 10.0 Å². The van der Waals surface area contributed by atoms with E-state index in [1.165, 1.54) is 10.0 Å². The van der Waals surface area contributed by atoms with Crippen molar-refractivity contribution < 1.29 is 9.59 Å². The van der Waals surface area contributed by atoms with Crippen molar-refractivity contribution in [3.8, 4) is 0 Å². The molecule has 0 N–H and O–H groups in total. The molecule has 0 aliphatic rings. The van der Waals surface area contributed by atoms with E-state index in [1.807, 2.05) is 57.2 Å². The first-order chi connectivity index (χ1) is 10.8. The predicted molar refractivity (Wildman–Crippen MR) is 90.9 cm³/mol. The third-order valence-corrected chi connectivity index (χ3v) is 3.46. The zero-order valence-corrected chi connectivity index (χ0v) is 14.0. The third-order valence-electron chi connectivity index (χ3n) is 3.46. The van der Waals surface area contributed by atoms with Crippen LogP contribution in [0.2, 0.25) is 0 Å². The Balaban J connectivity index is 2.36. The molecule has 0 fully saturated rings. The second kappa shape index (κ2) is 6.65. The van der Waals surface area contributed by atoms with Crippen LogP contribution >= 0.6 is 0 Å². The van der Waals surface area contributed by atoms with Gasteiger partial charge in [0, 0.05) is 18.2 Å². The minimum Gasteiger partial charge on any atom is -0.267 e. The van der Waals surface area contributed by atoms with Crippen LogP contribution in [0.1, 0.15) is 41.5 Å². The number of hydrogen-bond donors (Lipinski definition) is 0. The summed E-state index contributed by atoms with van der Waals surface area (Å²) in [7, 11) is 1.63. The molecule has 0 aliphatic heterocycles. The molecule has 0 saturated carbocycles. The van der Waals surface area contributed by atoms with Crippen molar-refractivity contribution in [3.05, 3.63) is 71.8 Å². The van der Waals surface area contributed by atoms with Gasteiger partial charge >= 0.3 is 0 Å². The SMILES string of the molecule is CN(C(=O)c1ccccc1)N(C(=O)c1ccccc1)C(C)(C)C. The van der Waals surface area contributed by atoms with Gasteiger partial charge in [-0.1, -0.05) is 36.4 Å². The topological polar surface area (TPSA) is 40.6 Å². The Labute approximate surface area is 137 Å². The fourth-order valence-electron chi connectivity index (χ4n) is 2.45. The minimum atomic E-state index is -0.536. The highest BCUT2D eigenvalue weighted by Gasteiger charge is 2.33. The Hall–Kier alpha value is -2.62. The summed E-state index contributed by atoms with van der Waals surface area (Å²) in [4.78, 5) is 25.6. The summed E-state index contributed by atoms with van der Waals surface area (Å²) in [6.07, 6.45) is 0. The molecular formula is C19H22N2O2. The average molecular weight is 310 g/mol. The molecule has 0 spiro atoms. The number of rotatable bonds is 2. The Morgan fingerprint density at radius 3 is 1.52 bits per heavy atom. The van der Waals surface area contributed by atoms with Gasteiger partial charge < -0.3 is 0 Å². The van der Waals surface area contributed by atoms with Gasteiger partial charge in [-0.15, -0.1) is 0 Å². The smallest absolute Gasteiger partial charge is 0.267 e. The van der Waals surface area contributed by atoms with Gasteiger partial charge in [-0.2, -0.15) is 0 Å². The Morgan fingerprint density at radius 2 is 1.13 bits per heavy atom. The van der Waals surface area contributed by atoms with Crippen molar-refractivity contribution in [1.29, 1.82) is 0 Å². The van der Waals surface area contributed by atoms with Crippen LogP contribution in [-0.4, -0.2) is 34.4 Å². The lowest BCUT2D eigenvalue weighted by atomic mass is 10.1. The Kier molecular flexibility index (Phi) is 4.84. The van der Waals surface area contributed by atoms with Gasteiger partial charge in [-0.25, -0.2) is 10.0 Å². The first-order valence-electron chi connectivity index (χ1n) is 7.55. The number of hydrogen-bond acceptors (Lipinski definition) is 2. The molecule has 0 atom stereocenters. The molecule has 0 saturated heterocycles. The largest absolute Gasteiger partial charge is 0.272 e. The van der Waals surface area contributed by atoms with Crippen molar-refractivity contribution >= 4 is 11.8 Å². The molecule has 2 aromatic rings. The average Bonchev–Trinajstić information content (AvgIpc) is 2.54. The molecular weight excluding hydrogens is 288 g/mol. The quantitative estimate of drug-likeness (QED) is 0.795. The van der Waals surface area contributed by atoms with E-state index in [-0.39, 0.29) is 11.8 Å². The molecule has 2 aromatic carbocycles. The second-order valence-corrected chi connectivity index (χ2v) is 6.35.